The molecule has 0 saturated carbocycles. The van der Waals surface area contributed by atoms with E-state index in [9.17, 15) is 19.1 Å². The molecule has 3 aromatic carbocycles. The number of hydrogen-bond acceptors (Lipinski definition) is 10. The quantitative estimate of drug-likeness (QED) is 0.0764. The lowest BCUT2D eigenvalue weighted by atomic mass is 9.93. The monoisotopic (exact) mass is 621 g/mol. The number of aliphatic hydroxyl groups excluding tert-OH is 1. The van der Waals surface area contributed by atoms with E-state index < -0.39 is 17.7 Å². The maximum Gasteiger partial charge on any atom is 0.301 e. The number of nitrogens with zero attached hydrogens (tertiary/aromatic N) is 3. The largest absolute Gasteiger partial charge is 0.507 e. The van der Waals surface area contributed by atoms with Crippen LogP contribution in [0.3, 0.4) is 0 Å². The molecule has 1 saturated heterocycles. The van der Waals surface area contributed by atoms with Crippen molar-refractivity contribution in [3.05, 3.63) is 93.8 Å². The SMILES string of the molecule is COc1cc(C2C(=C(O)c3cc(C)ccc3C)C(=O)C(=O)N2c2nnc(SCc3ccccc3F)s2)cc(OC)c1OC. The van der Waals surface area contributed by atoms with Crippen LogP contribution in [0.1, 0.15) is 33.9 Å². The van der Waals surface area contributed by atoms with E-state index in [0.29, 0.717) is 44.0 Å². The molecule has 1 aliphatic heterocycles. The first kappa shape index (κ1) is 30.1. The van der Waals surface area contributed by atoms with Crippen molar-refractivity contribution in [1.29, 1.82) is 0 Å². The number of anilines is 1. The molecule has 1 N–H and O–H groups in total. The van der Waals surface area contributed by atoms with Crippen LogP contribution in [0.25, 0.3) is 5.76 Å². The second kappa shape index (κ2) is 12.4. The summed E-state index contributed by atoms with van der Waals surface area (Å²) in [4.78, 5) is 28.6. The summed E-state index contributed by atoms with van der Waals surface area (Å²) >= 11 is 2.34. The minimum Gasteiger partial charge on any atom is -0.507 e. The standard InChI is InChI=1S/C31H28FN3O6S2/c1-16-10-11-17(2)20(12-16)26(36)24-25(19-13-22(39-3)28(41-5)23(14-19)40-4)35(29(38)27(24)37)30-33-34-31(43-30)42-15-18-8-6-7-9-21(18)32/h6-14,25,36H,15H2,1-5H3. The molecular weight excluding hydrogens is 593 g/mol. The number of hydrogen-bond donors (Lipinski definition) is 1. The number of ketones is 1. The van der Waals surface area contributed by atoms with Crippen LogP contribution in [0.5, 0.6) is 17.2 Å². The molecule has 0 bridgehead atoms. The number of aliphatic hydroxyl groups is 1. The van der Waals surface area contributed by atoms with Gasteiger partial charge in [-0.15, -0.1) is 10.2 Å². The van der Waals surface area contributed by atoms with E-state index in [1.807, 2.05) is 26.0 Å². The Labute approximate surface area is 255 Å². The molecule has 0 aliphatic carbocycles. The number of thioether (sulfide) groups is 1. The van der Waals surface area contributed by atoms with E-state index >= 15 is 0 Å². The molecule has 1 unspecified atom stereocenters. The second-order valence-electron chi connectivity index (χ2n) is 9.68. The van der Waals surface area contributed by atoms with Gasteiger partial charge in [0, 0.05) is 11.3 Å². The number of halogens is 1. The number of benzene rings is 3. The van der Waals surface area contributed by atoms with Crippen molar-refractivity contribution in [2.24, 2.45) is 0 Å². The number of ether oxygens (including phenoxy) is 3. The fourth-order valence-corrected chi connectivity index (χ4v) is 6.71. The molecule has 1 amide bonds. The highest BCUT2D eigenvalue weighted by molar-refractivity contribution is 8.00. The normalized spacial score (nSPS) is 16.0. The highest BCUT2D eigenvalue weighted by Crippen LogP contribution is 2.48. The Bertz CT molecular complexity index is 1730. The fourth-order valence-electron chi connectivity index (χ4n) is 4.85. The Morgan fingerprint density at radius 1 is 1.00 bits per heavy atom. The molecule has 5 rings (SSSR count). The molecule has 1 aliphatic rings. The predicted molar refractivity (Wildman–Crippen MR) is 163 cm³/mol. The first-order valence-electron chi connectivity index (χ1n) is 13.1. The first-order chi connectivity index (χ1) is 20.7. The summed E-state index contributed by atoms with van der Waals surface area (Å²) in [6.45, 7) is 3.68. The average molecular weight is 622 g/mol. The third-order valence-electron chi connectivity index (χ3n) is 7.01. The van der Waals surface area contributed by atoms with E-state index in [1.165, 1.54) is 44.1 Å². The van der Waals surface area contributed by atoms with Crippen LogP contribution in [-0.2, 0) is 15.3 Å². The minimum absolute atomic E-state index is 0.122. The summed E-state index contributed by atoms with van der Waals surface area (Å²) in [6, 6.07) is 14.0. The molecule has 9 nitrogen and oxygen atoms in total. The number of methoxy groups -OCH3 is 3. The number of carbonyl (C=O) groups excluding carboxylic acids is 2. The number of aryl methyl sites for hydroxylation is 2. The molecule has 0 spiro atoms. The Morgan fingerprint density at radius 2 is 1.70 bits per heavy atom. The van der Waals surface area contributed by atoms with E-state index in [0.717, 1.165) is 22.5 Å². The number of carbonyl (C=O) groups is 2. The smallest absolute Gasteiger partial charge is 0.301 e. The Hall–Kier alpha value is -4.42. The second-order valence-corrected chi connectivity index (χ2v) is 11.9. The number of aromatic nitrogens is 2. The van der Waals surface area contributed by atoms with Crippen molar-refractivity contribution in [3.63, 3.8) is 0 Å². The van der Waals surface area contributed by atoms with Crippen LogP contribution in [-0.4, -0.2) is 48.3 Å². The Balaban J connectivity index is 1.65. The average Bonchev–Trinajstić information content (AvgIpc) is 3.58. The molecule has 222 valence electrons. The molecular formula is C31H28FN3O6S2. The van der Waals surface area contributed by atoms with Crippen molar-refractivity contribution < 1.29 is 33.3 Å². The van der Waals surface area contributed by atoms with Crippen LogP contribution in [0, 0.1) is 19.7 Å². The van der Waals surface area contributed by atoms with E-state index in [2.05, 4.69) is 10.2 Å². The molecule has 2 heterocycles. The van der Waals surface area contributed by atoms with Crippen molar-refractivity contribution in [2.75, 3.05) is 26.2 Å². The summed E-state index contributed by atoms with van der Waals surface area (Å²) in [5.74, 6) is -1.20. The third kappa shape index (κ3) is 5.67. The van der Waals surface area contributed by atoms with Crippen molar-refractivity contribution >= 4 is 45.7 Å². The van der Waals surface area contributed by atoms with Crippen LogP contribution in [0.4, 0.5) is 9.52 Å². The van der Waals surface area contributed by atoms with Gasteiger partial charge in [0.2, 0.25) is 10.9 Å². The number of Topliss-reactive ketones (excluding diaryl/α,β-unsaturated/α-hetero) is 1. The van der Waals surface area contributed by atoms with Gasteiger partial charge in [-0.25, -0.2) is 4.39 Å². The van der Waals surface area contributed by atoms with Gasteiger partial charge in [0.15, 0.2) is 15.8 Å². The van der Waals surface area contributed by atoms with Gasteiger partial charge >= 0.3 is 5.91 Å². The van der Waals surface area contributed by atoms with Crippen LogP contribution in [0.2, 0.25) is 0 Å². The molecule has 1 atom stereocenters. The summed E-state index contributed by atoms with van der Waals surface area (Å²) in [6.07, 6.45) is 0. The van der Waals surface area contributed by atoms with Gasteiger partial charge in [-0.05, 0) is 54.8 Å². The van der Waals surface area contributed by atoms with Gasteiger partial charge in [0.05, 0.1) is 32.9 Å². The summed E-state index contributed by atoms with van der Waals surface area (Å²) in [5.41, 5.74) is 2.80. The zero-order valence-corrected chi connectivity index (χ0v) is 25.6. The number of amides is 1. The van der Waals surface area contributed by atoms with Gasteiger partial charge in [0.25, 0.3) is 5.78 Å². The summed E-state index contributed by atoms with van der Waals surface area (Å²) in [7, 11) is 4.38. The van der Waals surface area contributed by atoms with Crippen LogP contribution >= 0.6 is 23.1 Å². The van der Waals surface area contributed by atoms with Crippen molar-refractivity contribution in [3.8, 4) is 17.2 Å². The Kier molecular flexibility index (Phi) is 8.69. The van der Waals surface area contributed by atoms with Crippen LogP contribution < -0.4 is 19.1 Å². The summed E-state index contributed by atoms with van der Waals surface area (Å²) < 4.78 is 31.2. The first-order valence-corrected chi connectivity index (χ1v) is 14.9. The zero-order chi connectivity index (χ0) is 30.8. The third-order valence-corrected chi connectivity index (χ3v) is 9.11. The molecule has 0 radical (unpaired) electrons. The lowest BCUT2D eigenvalue weighted by molar-refractivity contribution is -0.132. The van der Waals surface area contributed by atoms with Gasteiger partial charge in [0.1, 0.15) is 11.6 Å². The van der Waals surface area contributed by atoms with Crippen molar-refractivity contribution in [2.45, 2.75) is 30.0 Å². The maximum atomic E-state index is 14.2. The fraction of sp³-hybridized carbons (Fsp3) is 0.226. The van der Waals surface area contributed by atoms with E-state index in [1.54, 1.807) is 36.4 Å². The molecule has 4 aromatic rings. The lowest BCUT2D eigenvalue weighted by Gasteiger charge is -2.24. The molecule has 1 fully saturated rings. The van der Waals surface area contributed by atoms with Crippen molar-refractivity contribution in [1.82, 2.24) is 10.2 Å². The highest BCUT2D eigenvalue weighted by Gasteiger charge is 2.49. The van der Waals surface area contributed by atoms with Gasteiger partial charge < -0.3 is 19.3 Å². The zero-order valence-electron chi connectivity index (χ0n) is 24.0. The molecule has 1 aromatic heterocycles. The predicted octanol–water partition coefficient (Wildman–Crippen LogP) is 6.24. The molecule has 43 heavy (non-hydrogen) atoms. The maximum absolute atomic E-state index is 14.2. The van der Waals surface area contributed by atoms with Gasteiger partial charge in [-0.2, -0.15) is 0 Å². The lowest BCUT2D eigenvalue weighted by Crippen LogP contribution is -2.29. The van der Waals surface area contributed by atoms with Gasteiger partial charge in [-0.3, -0.25) is 14.5 Å². The summed E-state index contributed by atoms with van der Waals surface area (Å²) in [5, 5.41) is 20.2. The highest BCUT2D eigenvalue weighted by atomic mass is 32.2. The minimum atomic E-state index is -1.11. The topological polar surface area (TPSA) is 111 Å². The van der Waals surface area contributed by atoms with E-state index in [4.69, 9.17) is 14.2 Å². The molecule has 12 heteroatoms. The van der Waals surface area contributed by atoms with Crippen LogP contribution in [0.15, 0.2) is 64.5 Å². The Morgan fingerprint density at radius 3 is 2.35 bits per heavy atom. The van der Waals surface area contributed by atoms with E-state index in [-0.39, 0.29) is 22.3 Å². The number of rotatable bonds is 9. The van der Waals surface area contributed by atoms with Gasteiger partial charge in [-0.1, -0.05) is 59.0 Å².